The van der Waals surface area contributed by atoms with Crippen LogP contribution in [0.1, 0.15) is 43.9 Å². The number of likely N-dealkylation sites (N-methyl/N-ethyl adjacent to an activating group) is 1. The predicted octanol–water partition coefficient (Wildman–Crippen LogP) is 6.05. The van der Waals surface area contributed by atoms with Crippen LogP contribution in [-0.2, 0) is 9.53 Å². The molecule has 6 nitrogen and oxygen atoms in total. The normalized spacial score (nSPS) is 13.8. The summed E-state index contributed by atoms with van der Waals surface area (Å²) in [7, 11) is 1.99. The molecular weight excluding hydrogens is 466 g/mol. The zero-order valence-corrected chi connectivity index (χ0v) is 22.0. The molecule has 37 heavy (non-hydrogen) atoms. The number of rotatable bonds is 11. The highest BCUT2D eigenvalue weighted by atomic mass is 16.7. The quantitative estimate of drug-likeness (QED) is 0.236. The lowest BCUT2D eigenvalue weighted by atomic mass is 9.88. The first-order valence-corrected chi connectivity index (χ1v) is 12.8. The van der Waals surface area contributed by atoms with Crippen LogP contribution < -0.4 is 14.2 Å². The first-order chi connectivity index (χ1) is 18.0. The van der Waals surface area contributed by atoms with Crippen molar-refractivity contribution in [1.82, 2.24) is 4.90 Å². The molecule has 0 fully saturated rings. The number of carbonyl (C=O) groups is 1. The van der Waals surface area contributed by atoms with Crippen molar-refractivity contribution in [2.24, 2.45) is 0 Å². The molecule has 0 aliphatic carbocycles. The van der Waals surface area contributed by atoms with Crippen molar-refractivity contribution in [3.8, 4) is 17.2 Å². The molecule has 194 valence electrons. The van der Waals surface area contributed by atoms with Gasteiger partial charge in [0.25, 0.3) is 0 Å². The highest BCUT2D eigenvalue weighted by molar-refractivity contribution is 5.98. The monoisotopic (exact) mass is 501 g/mol. The van der Waals surface area contributed by atoms with Gasteiger partial charge >= 0.3 is 5.97 Å². The predicted molar refractivity (Wildman–Crippen MR) is 146 cm³/mol. The molecule has 0 N–H and O–H groups in total. The van der Waals surface area contributed by atoms with E-state index >= 15 is 0 Å². The molecule has 0 spiro atoms. The second-order valence-corrected chi connectivity index (χ2v) is 9.06. The van der Waals surface area contributed by atoms with Crippen LogP contribution in [0, 0.1) is 0 Å². The summed E-state index contributed by atoms with van der Waals surface area (Å²) in [4.78, 5) is 13.6. The number of nitrogens with zero attached hydrogens (tertiary/aromatic N) is 1. The summed E-state index contributed by atoms with van der Waals surface area (Å²) in [6.07, 6.45) is 0.511. The van der Waals surface area contributed by atoms with Gasteiger partial charge in [-0.15, -0.1) is 0 Å². The first-order valence-electron chi connectivity index (χ1n) is 12.8. The molecule has 0 bridgehead atoms. The lowest BCUT2D eigenvalue weighted by Crippen LogP contribution is -2.36. The van der Waals surface area contributed by atoms with E-state index in [2.05, 4.69) is 67.3 Å². The van der Waals surface area contributed by atoms with Crippen molar-refractivity contribution in [2.45, 2.75) is 33.3 Å². The van der Waals surface area contributed by atoms with Crippen LogP contribution in [0.4, 0.5) is 0 Å². The standard InChI is InChI=1S/C31H35NO5/c1-5-28(25-14-17-29-30(18-25)36-21-35-29)31(23-10-8-7-9-11-23)24-12-15-26(16-13-24)34-20-27(37-22(3)33)19-32(4)6-2/h7-18,27H,5-6,19-21H2,1-4H3. The van der Waals surface area contributed by atoms with E-state index in [4.69, 9.17) is 18.9 Å². The summed E-state index contributed by atoms with van der Waals surface area (Å²) < 4.78 is 22.6. The molecule has 6 heteroatoms. The van der Waals surface area contributed by atoms with E-state index in [9.17, 15) is 4.79 Å². The Hall–Kier alpha value is -3.77. The Morgan fingerprint density at radius 2 is 1.59 bits per heavy atom. The fraction of sp³-hybridized carbons (Fsp3) is 0.323. The number of carbonyl (C=O) groups excluding carboxylic acids is 1. The van der Waals surface area contributed by atoms with Gasteiger partial charge in [0.2, 0.25) is 6.79 Å². The number of hydrogen-bond donors (Lipinski definition) is 0. The van der Waals surface area contributed by atoms with Gasteiger partial charge in [-0.2, -0.15) is 0 Å². The topological polar surface area (TPSA) is 57.2 Å². The fourth-order valence-corrected chi connectivity index (χ4v) is 4.47. The number of allylic oxidation sites excluding steroid dienone is 1. The third kappa shape index (κ3) is 6.71. The number of fused-ring (bicyclic) bond motifs is 1. The molecule has 3 aromatic rings. The van der Waals surface area contributed by atoms with Crippen molar-refractivity contribution in [3.05, 3.63) is 89.5 Å². The van der Waals surface area contributed by atoms with E-state index in [1.165, 1.54) is 12.5 Å². The summed E-state index contributed by atoms with van der Waals surface area (Å²) in [6.45, 7) is 7.69. The van der Waals surface area contributed by atoms with Crippen LogP contribution in [0.2, 0.25) is 0 Å². The first kappa shape index (κ1) is 26.3. The minimum atomic E-state index is -0.334. The Labute approximate surface area is 219 Å². The van der Waals surface area contributed by atoms with E-state index in [0.717, 1.165) is 52.5 Å². The molecule has 1 atom stereocenters. The van der Waals surface area contributed by atoms with Gasteiger partial charge in [-0.05, 0) is 72.1 Å². The van der Waals surface area contributed by atoms with Gasteiger partial charge in [-0.1, -0.05) is 62.4 Å². The number of benzene rings is 3. The number of esters is 1. The zero-order valence-electron chi connectivity index (χ0n) is 22.0. The second-order valence-electron chi connectivity index (χ2n) is 9.06. The SMILES string of the molecule is CCC(=C(c1ccccc1)c1ccc(OCC(CN(C)CC)OC(C)=O)cc1)c1ccc2c(c1)OCO2. The molecule has 0 radical (unpaired) electrons. The second kappa shape index (κ2) is 12.5. The van der Waals surface area contributed by atoms with Gasteiger partial charge in [0.05, 0.1) is 0 Å². The van der Waals surface area contributed by atoms with E-state index in [0.29, 0.717) is 13.2 Å². The molecule has 0 aromatic heterocycles. The van der Waals surface area contributed by atoms with Crippen LogP contribution in [0.15, 0.2) is 72.8 Å². The minimum Gasteiger partial charge on any atom is -0.490 e. The fourth-order valence-electron chi connectivity index (χ4n) is 4.47. The molecule has 0 saturated heterocycles. The number of ether oxygens (including phenoxy) is 4. The molecular formula is C31H35NO5. The average molecular weight is 502 g/mol. The van der Waals surface area contributed by atoms with Gasteiger partial charge in [0.1, 0.15) is 18.5 Å². The Balaban J connectivity index is 1.62. The summed E-state index contributed by atoms with van der Waals surface area (Å²) in [6, 6.07) is 24.6. The van der Waals surface area contributed by atoms with E-state index in [-0.39, 0.29) is 18.9 Å². The minimum absolute atomic E-state index is 0.254. The van der Waals surface area contributed by atoms with Crippen molar-refractivity contribution >= 4 is 17.1 Å². The Morgan fingerprint density at radius 3 is 2.27 bits per heavy atom. The van der Waals surface area contributed by atoms with Gasteiger partial charge in [-0.25, -0.2) is 0 Å². The van der Waals surface area contributed by atoms with Gasteiger partial charge < -0.3 is 23.8 Å². The summed E-state index contributed by atoms with van der Waals surface area (Å²) in [5.41, 5.74) is 5.72. The summed E-state index contributed by atoms with van der Waals surface area (Å²) >= 11 is 0. The van der Waals surface area contributed by atoms with Crippen molar-refractivity contribution < 1.29 is 23.7 Å². The smallest absolute Gasteiger partial charge is 0.303 e. The van der Waals surface area contributed by atoms with Crippen LogP contribution in [0.3, 0.4) is 0 Å². The molecule has 1 aliphatic heterocycles. The zero-order chi connectivity index (χ0) is 26.2. The maximum atomic E-state index is 11.5. The molecule has 1 heterocycles. The van der Waals surface area contributed by atoms with E-state index in [1.807, 2.05) is 31.3 Å². The summed E-state index contributed by atoms with van der Waals surface area (Å²) in [5.74, 6) is 1.98. The molecule has 1 aliphatic rings. The van der Waals surface area contributed by atoms with Crippen molar-refractivity contribution in [2.75, 3.05) is 33.5 Å². The van der Waals surface area contributed by atoms with Crippen LogP contribution >= 0.6 is 0 Å². The van der Waals surface area contributed by atoms with Gasteiger partial charge in [-0.3, -0.25) is 4.79 Å². The van der Waals surface area contributed by atoms with E-state index in [1.54, 1.807) is 0 Å². The molecule has 0 amide bonds. The van der Waals surface area contributed by atoms with Crippen LogP contribution in [-0.4, -0.2) is 50.5 Å². The Bertz CT molecular complexity index is 1220. The molecule has 3 aromatic carbocycles. The Kier molecular flexibility index (Phi) is 8.86. The van der Waals surface area contributed by atoms with Gasteiger partial charge in [0.15, 0.2) is 11.5 Å². The summed E-state index contributed by atoms with van der Waals surface area (Å²) in [5, 5.41) is 0. The lowest BCUT2D eigenvalue weighted by Gasteiger charge is -2.23. The van der Waals surface area contributed by atoms with Crippen LogP contribution in [0.5, 0.6) is 17.2 Å². The third-order valence-corrected chi connectivity index (χ3v) is 6.41. The average Bonchev–Trinajstić information content (AvgIpc) is 3.39. The van der Waals surface area contributed by atoms with E-state index < -0.39 is 0 Å². The van der Waals surface area contributed by atoms with Crippen molar-refractivity contribution in [1.29, 1.82) is 0 Å². The highest BCUT2D eigenvalue weighted by Crippen LogP contribution is 2.39. The lowest BCUT2D eigenvalue weighted by molar-refractivity contribution is -0.148. The largest absolute Gasteiger partial charge is 0.490 e. The maximum Gasteiger partial charge on any atom is 0.303 e. The Morgan fingerprint density at radius 1 is 0.919 bits per heavy atom. The molecule has 1 unspecified atom stereocenters. The highest BCUT2D eigenvalue weighted by Gasteiger charge is 2.19. The van der Waals surface area contributed by atoms with Gasteiger partial charge in [0, 0.05) is 13.5 Å². The van der Waals surface area contributed by atoms with Crippen LogP contribution in [0.25, 0.3) is 11.1 Å². The maximum absolute atomic E-state index is 11.5. The molecule has 4 rings (SSSR count). The third-order valence-electron chi connectivity index (χ3n) is 6.41. The number of hydrogen-bond acceptors (Lipinski definition) is 6. The molecule has 0 saturated carbocycles. The van der Waals surface area contributed by atoms with Crippen molar-refractivity contribution in [3.63, 3.8) is 0 Å².